The highest BCUT2D eigenvalue weighted by Gasteiger charge is 2.55. The molecular weight excluding hydrogens is 328 g/mol. The molecule has 1 aliphatic carbocycles. The van der Waals surface area contributed by atoms with Gasteiger partial charge in [-0.3, -0.25) is 14.5 Å². The van der Waals surface area contributed by atoms with E-state index in [9.17, 15) is 19.2 Å². The molecule has 0 saturated carbocycles. The van der Waals surface area contributed by atoms with Gasteiger partial charge in [-0.05, 0) is 30.9 Å². The summed E-state index contributed by atoms with van der Waals surface area (Å²) < 4.78 is 9.36. The zero-order valence-electron chi connectivity index (χ0n) is 13.9. The Balaban J connectivity index is 1.75. The molecule has 1 aliphatic heterocycles. The van der Waals surface area contributed by atoms with E-state index in [2.05, 4.69) is 10.1 Å². The average Bonchev–Trinajstić information content (AvgIpc) is 3.08. The van der Waals surface area contributed by atoms with Crippen molar-refractivity contribution in [3.05, 3.63) is 35.4 Å². The SMILES string of the molecule is COC(=O)C(C)OC(=O)CN1C(=O)NC2(CCc3ccccc32)C1=O. The van der Waals surface area contributed by atoms with E-state index in [-0.39, 0.29) is 0 Å². The summed E-state index contributed by atoms with van der Waals surface area (Å²) >= 11 is 0. The molecule has 2 unspecified atom stereocenters. The maximum absolute atomic E-state index is 12.9. The second kappa shape index (κ2) is 6.19. The van der Waals surface area contributed by atoms with Gasteiger partial charge in [0.15, 0.2) is 6.10 Å². The fourth-order valence-electron chi connectivity index (χ4n) is 3.31. The summed E-state index contributed by atoms with van der Waals surface area (Å²) in [5, 5.41) is 2.72. The number of esters is 2. The first kappa shape index (κ1) is 16.9. The number of ether oxygens (including phenoxy) is 2. The third kappa shape index (κ3) is 2.73. The van der Waals surface area contributed by atoms with Crippen LogP contribution in [0.1, 0.15) is 24.5 Å². The van der Waals surface area contributed by atoms with E-state index >= 15 is 0 Å². The number of amides is 3. The van der Waals surface area contributed by atoms with Gasteiger partial charge in [0.05, 0.1) is 7.11 Å². The summed E-state index contributed by atoms with van der Waals surface area (Å²) in [5.74, 6) is -2.05. The summed E-state index contributed by atoms with van der Waals surface area (Å²) in [6, 6.07) is 6.76. The van der Waals surface area contributed by atoms with Gasteiger partial charge in [0, 0.05) is 0 Å². The average molecular weight is 346 g/mol. The molecule has 8 nitrogen and oxygen atoms in total. The number of benzene rings is 1. The highest BCUT2D eigenvalue weighted by Crippen LogP contribution is 2.41. The first-order valence-electron chi connectivity index (χ1n) is 7.89. The third-order valence-corrected chi connectivity index (χ3v) is 4.55. The van der Waals surface area contributed by atoms with Gasteiger partial charge in [0.2, 0.25) is 0 Å². The summed E-state index contributed by atoms with van der Waals surface area (Å²) in [6.45, 7) is 0.792. The number of nitrogens with one attached hydrogen (secondary N) is 1. The molecule has 1 aromatic rings. The number of imide groups is 1. The van der Waals surface area contributed by atoms with Crippen LogP contribution < -0.4 is 5.32 Å². The lowest BCUT2D eigenvalue weighted by molar-refractivity contribution is -0.165. The Morgan fingerprint density at radius 1 is 1.32 bits per heavy atom. The van der Waals surface area contributed by atoms with Gasteiger partial charge in [-0.2, -0.15) is 0 Å². The van der Waals surface area contributed by atoms with E-state index in [1.54, 1.807) is 6.07 Å². The van der Waals surface area contributed by atoms with Gasteiger partial charge < -0.3 is 14.8 Å². The number of methoxy groups -OCH3 is 1. The van der Waals surface area contributed by atoms with Crippen molar-refractivity contribution in [3.63, 3.8) is 0 Å². The Morgan fingerprint density at radius 3 is 2.76 bits per heavy atom. The lowest BCUT2D eigenvalue weighted by atomic mass is 9.92. The Labute approximate surface area is 144 Å². The maximum atomic E-state index is 12.9. The quantitative estimate of drug-likeness (QED) is 0.629. The van der Waals surface area contributed by atoms with Crippen LogP contribution in [0.4, 0.5) is 4.79 Å². The number of nitrogens with zero attached hydrogens (tertiary/aromatic N) is 1. The van der Waals surface area contributed by atoms with Crippen molar-refractivity contribution in [1.82, 2.24) is 10.2 Å². The van der Waals surface area contributed by atoms with E-state index < -0.39 is 42.1 Å². The first-order chi connectivity index (χ1) is 11.9. The van der Waals surface area contributed by atoms with Gasteiger partial charge in [0.25, 0.3) is 5.91 Å². The van der Waals surface area contributed by atoms with Gasteiger partial charge >= 0.3 is 18.0 Å². The molecule has 1 fully saturated rings. The second-order valence-electron chi connectivity index (χ2n) is 6.04. The molecule has 2 atom stereocenters. The molecule has 3 amide bonds. The maximum Gasteiger partial charge on any atom is 0.346 e. The zero-order chi connectivity index (χ0) is 18.2. The van der Waals surface area contributed by atoms with Gasteiger partial charge in [-0.25, -0.2) is 9.59 Å². The standard InChI is InChI=1S/C17H18N2O6/c1-10(14(21)24-2)25-13(20)9-19-15(22)17(18-16(19)23)8-7-11-5-3-4-6-12(11)17/h3-6,10H,7-9H2,1-2H3,(H,18,23). The van der Waals surface area contributed by atoms with Crippen LogP contribution in [0.3, 0.4) is 0 Å². The molecule has 1 spiro atoms. The van der Waals surface area contributed by atoms with Crippen LogP contribution in [0, 0.1) is 0 Å². The zero-order valence-corrected chi connectivity index (χ0v) is 13.9. The van der Waals surface area contributed by atoms with E-state index in [1.165, 1.54) is 14.0 Å². The van der Waals surface area contributed by atoms with Gasteiger partial charge in [0.1, 0.15) is 12.1 Å². The van der Waals surface area contributed by atoms with Crippen molar-refractivity contribution < 1.29 is 28.7 Å². The number of aryl methyl sites for hydroxylation is 1. The Morgan fingerprint density at radius 2 is 2.04 bits per heavy atom. The minimum Gasteiger partial charge on any atom is -0.466 e. The van der Waals surface area contributed by atoms with E-state index in [4.69, 9.17) is 4.74 Å². The number of hydrogen-bond donors (Lipinski definition) is 1. The smallest absolute Gasteiger partial charge is 0.346 e. The molecular formula is C17H18N2O6. The highest BCUT2D eigenvalue weighted by atomic mass is 16.6. The number of carbonyl (C=O) groups excluding carboxylic acids is 4. The molecule has 1 N–H and O–H groups in total. The van der Waals surface area contributed by atoms with Crippen LogP contribution in [-0.4, -0.2) is 48.5 Å². The summed E-state index contributed by atoms with van der Waals surface area (Å²) in [4.78, 5) is 49.2. The number of urea groups is 1. The van der Waals surface area contributed by atoms with E-state index in [0.717, 1.165) is 16.0 Å². The lowest BCUT2D eigenvalue weighted by Gasteiger charge is -2.22. The number of hydrogen-bond acceptors (Lipinski definition) is 6. The predicted octanol–water partition coefficient (Wildman–Crippen LogP) is 0.485. The van der Waals surface area contributed by atoms with Crippen molar-refractivity contribution in [1.29, 1.82) is 0 Å². The molecule has 0 bridgehead atoms. The Kier molecular flexibility index (Phi) is 4.20. The lowest BCUT2D eigenvalue weighted by Crippen LogP contribution is -2.43. The third-order valence-electron chi connectivity index (χ3n) is 4.55. The second-order valence-corrected chi connectivity index (χ2v) is 6.04. The van der Waals surface area contributed by atoms with Crippen molar-refractivity contribution in [2.45, 2.75) is 31.4 Å². The van der Waals surface area contributed by atoms with Crippen molar-refractivity contribution in [2.24, 2.45) is 0 Å². The van der Waals surface area contributed by atoms with Crippen LogP contribution >= 0.6 is 0 Å². The molecule has 132 valence electrons. The molecule has 0 aromatic heterocycles. The van der Waals surface area contributed by atoms with Crippen LogP contribution in [0.2, 0.25) is 0 Å². The van der Waals surface area contributed by atoms with Crippen LogP contribution in [-0.2, 0) is 35.8 Å². The molecule has 2 aliphatic rings. The van der Waals surface area contributed by atoms with E-state index in [0.29, 0.717) is 12.8 Å². The summed E-state index contributed by atoms with van der Waals surface area (Å²) in [7, 11) is 1.17. The van der Waals surface area contributed by atoms with Crippen LogP contribution in [0.15, 0.2) is 24.3 Å². The largest absolute Gasteiger partial charge is 0.466 e. The molecule has 3 rings (SSSR count). The topological polar surface area (TPSA) is 102 Å². The summed E-state index contributed by atoms with van der Waals surface area (Å²) in [5.41, 5.74) is 0.633. The fraction of sp³-hybridized carbons (Fsp3) is 0.412. The normalized spacial score (nSPS) is 22.6. The number of rotatable bonds is 4. The first-order valence-corrected chi connectivity index (χ1v) is 7.89. The van der Waals surface area contributed by atoms with Gasteiger partial charge in [-0.15, -0.1) is 0 Å². The molecule has 25 heavy (non-hydrogen) atoms. The molecule has 1 saturated heterocycles. The van der Waals surface area contributed by atoms with Crippen molar-refractivity contribution in [3.8, 4) is 0 Å². The monoisotopic (exact) mass is 346 g/mol. The summed E-state index contributed by atoms with van der Waals surface area (Å²) in [6.07, 6.45) is 0.000354. The molecule has 0 radical (unpaired) electrons. The molecule has 8 heteroatoms. The highest BCUT2D eigenvalue weighted by molar-refractivity contribution is 6.09. The van der Waals surface area contributed by atoms with Crippen molar-refractivity contribution >= 4 is 23.9 Å². The Bertz CT molecular complexity index is 761. The van der Waals surface area contributed by atoms with Crippen LogP contribution in [0.5, 0.6) is 0 Å². The van der Waals surface area contributed by atoms with E-state index in [1.807, 2.05) is 18.2 Å². The Hall–Kier alpha value is -2.90. The van der Waals surface area contributed by atoms with Gasteiger partial charge in [-0.1, -0.05) is 24.3 Å². The number of fused-ring (bicyclic) bond motifs is 2. The van der Waals surface area contributed by atoms with Crippen molar-refractivity contribution in [2.75, 3.05) is 13.7 Å². The predicted molar refractivity (Wildman–Crippen MR) is 84.3 cm³/mol. The minimum atomic E-state index is -1.12. The molecule has 1 heterocycles. The van der Waals surface area contributed by atoms with Crippen LogP contribution in [0.25, 0.3) is 0 Å². The molecule has 1 aromatic carbocycles. The minimum absolute atomic E-state index is 0.445. The fourth-order valence-corrected chi connectivity index (χ4v) is 3.31. The number of carbonyl (C=O) groups is 4.